The summed E-state index contributed by atoms with van der Waals surface area (Å²) in [6, 6.07) is 18.0. The Morgan fingerprint density at radius 2 is 1.92 bits per heavy atom. The second-order valence-electron chi connectivity index (χ2n) is 5.04. The maximum absolute atomic E-state index is 12.2. The molecule has 0 aliphatic rings. The molecule has 120 valence electrons. The normalized spacial score (nSPS) is 10.6. The number of amides is 1. The summed E-state index contributed by atoms with van der Waals surface area (Å²) in [6.45, 7) is 1.34. The van der Waals surface area contributed by atoms with E-state index >= 15 is 0 Å². The van der Waals surface area contributed by atoms with Crippen molar-refractivity contribution in [2.75, 3.05) is 0 Å². The lowest BCUT2D eigenvalue weighted by Crippen LogP contribution is -2.26. The number of benzene rings is 2. The van der Waals surface area contributed by atoms with E-state index in [1.165, 1.54) is 6.92 Å². The first kappa shape index (κ1) is 17.0. The van der Waals surface area contributed by atoms with Crippen molar-refractivity contribution in [1.29, 1.82) is 5.26 Å². The monoisotopic (exact) mass is 320 g/mol. The van der Waals surface area contributed by atoms with Crippen molar-refractivity contribution in [3.63, 3.8) is 0 Å². The molecule has 24 heavy (non-hydrogen) atoms. The summed E-state index contributed by atoms with van der Waals surface area (Å²) >= 11 is 0. The molecule has 0 saturated heterocycles. The number of nitrogens with one attached hydrogen (secondary N) is 1. The van der Waals surface area contributed by atoms with Crippen LogP contribution in [0.2, 0.25) is 0 Å². The molecule has 0 radical (unpaired) electrons. The van der Waals surface area contributed by atoms with E-state index in [0.29, 0.717) is 11.1 Å². The standard InChI is InChI=1S/C19H16N2O3/c1-14(22)21-18(11-15-6-3-2-4-7-15)19(23)24-13-17-9-5-8-16(10-17)12-20/h2-11H,13H2,1H3,(H,21,22)/b18-11-. The maximum atomic E-state index is 12.2. The number of hydrogen-bond donors (Lipinski definition) is 1. The van der Waals surface area contributed by atoms with Crippen LogP contribution in [0.1, 0.15) is 23.6 Å². The molecule has 2 aromatic carbocycles. The van der Waals surface area contributed by atoms with Crippen LogP contribution in [0.25, 0.3) is 6.08 Å². The van der Waals surface area contributed by atoms with Crippen molar-refractivity contribution < 1.29 is 14.3 Å². The van der Waals surface area contributed by atoms with Gasteiger partial charge in [0.05, 0.1) is 11.6 Å². The number of carbonyl (C=O) groups excluding carboxylic acids is 2. The minimum atomic E-state index is -0.642. The maximum Gasteiger partial charge on any atom is 0.355 e. The Morgan fingerprint density at radius 1 is 1.17 bits per heavy atom. The predicted molar refractivity (Wildman–Crippen MR) is 89.2 cm³/mol. The van der Waals surface area contributed by atoms with Gasteiger partial charge in [-0.05, 0) is 29.3 Å². The minimum absolute atomic E-state index is 0.0140. The predicted octanol–water partition coefficient (Wildman–Crippen LogP) is 2.78. The Bertz CT molecular complexity index is 805. The van der Waals surface area contributed by atoms with E-state index in [1.54, 1.807) is 30.3 Å². The van der Waals surface area contributed by atoms with Crippen molar-refractivity contribution in [2.45, 2.75) is 13.5 Å². The average molecular weight is 320 g/mol. The Labute approximate surface area is 140 Å². The molecule has 2 aromatic rings. The van der Waals surface area contributed by atoms with Crippen molar-refractivity contribution in [3.8, 4) is 6.07 Å². The van der Waals surface area contributed by atoms with Gasteiger partial charge in [-0.2, -0.15) is 5.26 Å². The molecular formula is C19H16N2O3. The Hall–Kier alpha value is -3.39. The number of nitrogens with zero attached hydrogens (tertiary/aromatic N) is 1. The molecule has 0 bridgehead atoms. The van der Waals surface area contributed by atoms with Crippen molar-refractivity contribution in [2.24, 2.45) is 0 Å². The van der Waals surface area contributed by atoms with Crippen molar-refractivity contribution in [3.05, 3.63) is 77.0 Å². The second kappa shape index (κ2) is 8.30. The number of ether oxygens (including phenoxy) is 1. The summed E-state index contributed by atoms with van der Waals surface area (Å²) in [5.41, 5.74) is 2.02. The number of esters is 1. The van der Waals surface area contributed by atoms with Gasteiger partial charge < -0.3 is 10.1 Å². The fraction of sp³-hybridized carbons (Fsp3) is 0.105. The molecule has 1 N–H and O–H groups in total. The average Bonchev–Trinajstić information content (AvgIpc) is 2.60. The van der Waals surface area contributed by atoms with Gasteiger partial charge in [0, 0.05) is 6.92 Å². The van der Waals surface area contributed by atoms with E-state index in [0.717, 1.165) is 5.56 Å². The van der Waals surface area contributed by atoms with Gasteiger partial charge in [0.1, 0.15) is 12.3 Å². The molecule has 5 heteroatoms. The molecule has 0 aliphatic carbocycles. The Kier molecular flexibility index (Phi) is 5.87. The third-order valence-corrected chi connectivity index (χ3v) is 3.07. The van der Waals surface area contributed by atoms with Crippen LogP contribution in [0.4, 0.5) is 0 Å². The first-order valence-corrected chi connectivity index (χ1v) is 7.29. The summed E-state index contributed by atoms with van der Waals surface area (Å²) in [6.07, 6.45) is 1.55. The summed E-state index contributed by atoms with van der Waals surface area (Å²) < 4.78 is 5.23. The minimum Gasteiger partial charge on any atom is -0.456 e. The van der Waals surface area contributed by atoms with Crippen LogP contribution < -0.4 is 5.32 Å². The second-order valence-corrected chi connectivity index (χ2v) is 5.04. The largest absolute Gasteiger partial charge is 0.456 e. The van der Waals surface area contributed by atoms with Gasteiger partial charge in [-0.25, -0.2) is 4.79 Å². The van der Waals surface area contributed by atoms with Crippen molar-refractivity contribution >= 4 is 18.0 Å². The summed E-state index contributed by atoms with van der Waals surface area (Å²) in [4.78, 5) is 23.6. The molecule has 5 nitrogen and oxygen atoms in total. The van der Waals surface area contributed by atoms with E-state index in [2.05, 4.69) is 5.32 Å². The molecular weight excluding hydrogens is 304 g/mol. The zero-order chi connectivity index (χ0) is 17.4. The topological polar surface area (TPSA) is 79.2 Å². The van der Waals surface area contributed by atoms with Crippen molar-refractivity contribution in [1.82, 2.24) is 5.32 Å². The van der Waals surface area contributed by atoms with Crippen LogP contribution in [0, 0.1) is 11.3 Å². The highest BCUT2D eigenvalue weighted by atomic mass is 16.5. The zero-order valence-corrected chi connectivity index (χ0v) is 13.2. The molecule has 0 saturated carbocycles. The van der Waals surface area contributed by atoms with Crippen LogP contribution in [0.3, 0.4) is 0 Å². The Morgan fingerprint density at radius 3 is 2.58 bits per heavy atom. The molecule has 0 heterocycles. The SMILES string of the molecule is CC(=O)N/C(=C\c1ccccc1)C(=O)OCc1cccc(C#N)c1. The van der Waals surface area contributed by atoms with Crippen LogP contribution in [0.5, 0.6) is 0 Å². The molecule has 0 spiro atoms. The van der Waals surface area contributed by atoms with Crippen LogP contribution >= 0.6 is 0 Å². The highest BCUT2D eigenvalue weighted by Gasteiger charge is 2.13. The molecule has 0 fully saturated rings. The Balaban J connectivity index is 2.12. The lowest BCUT2D eigenvalue weighted by Gasteiger charge is -2.09. The lowest BCUT2D eigenvalue weighted by atomic mass is 10.1. The van der Waals surface area contributed by atoms with Gasteiger partial charge in [-0.15, -0.1) is 0 Å². The lowest BCUT2D eigenvalue weighted by molar-refractivity contribution is -0.141. The highest BCUT2D eigenvalue weighted by Crippen LogP contribution is 2.10. The quantitative estimate of drug-likeness (QED) is 0.678. The summed E-state index contributed by atoms with van der Waals surface area (Å²) in [5, 5.41) is 11.4. The van der Waals surface area contributed by atoms with E-state index in [-0.39, 0.29) is 18.2 Å². The van der Waals surface area contributed by atoms with Gasteiger partial charge >= 0.3 is 5.97 Å². The fourth-order valence-electron chi connectivity index (χ4n) is 2.01. The first-order valence-electron chi connectivity index (χ1n) is 7.29. The molecule has 0 atom stereocenters. The molecule has 2 rings (SSSR count). The third kappa shape index (κ3) is 5.11. The first-order chi connectivity index (χ1) is 11.6. The summed E-state index contributed by atoms with van der Waals surface area (Å²) in [7, 11) is 0. The third-order valence-electron chi connectivity index (χ3n) is 3.07. The number of nitriles is 1. The smallest absolute Gasteiger partial charge is 0.355 e. The molecule has 1 amide bonds. The van der Waals surface area contributed by atoms with Gasteiger partial charge in [-0.3, -0.25) is 4.79 Å². The van der Waals surface area contributed by atoms with Crippen LogP contribution in [-0.4, -0.2) is 11.9 Å². The summed E-state index contributed by atoms with van der Waals surface area (Å²) in [5.74, 6) is -1.00. The number of rotatable bonds is 5. The van der Waals surface area contributed by atoms with E-state index in [1.807, 2.05) is 36.4 Å². The fourth-order valence-corrected chi connectivity index (χ4v) is 2.01. The van der Waals surface area contributed by atoms with Gasteiger partial charge in [0.15, 0.2) is 0 Å². The van der Waals surface area contributed by atoms with Crippen LogP contribution in [0.15, 0.2) is 60.3 Å². The van der Waals surface area contributed by atoms with E-state index in [4.69, 9.17) is 10.00 Å². The van der Waals surface area contributed by atoms with Gasteiger partial charge in [0.2, 0.25) is 5.91 Å². The zero-order valence-electron chi connectivity index (χ0n) is 13.2. The van der Waals surface area contributed by atoms with Crippen LogP contribution in [-0.2, 0) is 20.9 Å². The van der Waals surface area contributed by atoms with Gasteiger partial charge in [-0.1, -0.05) is 42.5 Å². The van der Waals surface area contributed by atoms with E-state index in [9.17, 15) is 9.59 Å². The number of hydrogen-bond acceptors (Lipinski definition) is 4. The molecule has 0 aromatic heterocycles. The number of carbonyl (C=O) groups is 2. The van der Waals surface area contributed by atoms with Gasteiger partial charge in [0.25, 0.3) is 0 Å². The molecule has 0 aliphatic heterocycles. The molecule has 0 unspecified atom stereocenters. The highest BCUT2D eigenvalue weighted by molar-refractivity contribution is 5.97. The van der Waals surface area contributed by atoms with E-state index < -0.39 is 5.97 Å².